The fourth-order valence-electron chi connectivity index (χ4n) is 2.55. The maximum Gasteiger partial charge on any atom is 0.124 e. The van der Waals surface area contributed by atoms with Crippen LogP contribution in [0.15, 0.2) is 18.2 Å². The van der Waals surface area contributed by atoms with Gasteiger partial charge in [0.15, 0.2) is 0 Å². The number of hydrogen-bond donors (Lipinski definition) is 0. The van der Waals surface area contributed by atoms with E-state index >= 15 is 0 Å². The molecule has 5 heteroatoms. The van der Waals surface area contributed by atoms with Crippen LogP contribution in [0.1, 0.15) is 32.5 Å². The topological polar surface area (TPSA) is 17.8 Å². The molecule has 1 heterocycles. The van der Waals surface area contributed by atoms with Crippen molar-refractivity contribution in [1.29, 1.82) is 0 Å². The summed E-state index contributed by atoms with van der Waals surface area (Å²) in [7, 11) is 0. The van der Waals surface area contributed by atoms with Crippen LogP contribution >= 0.6 is 46.0 Å². The summed E-state index contributed by atoms with van der Waals surface area (Å²) in [5.74, 6) is 1.44. The van der Waals surface area contributed by atoms with Gasteiger partial charge in [0.2, 0.25) is 0 Å². The van der Waals surface area contributed by atoms with Crippen molar-refractivity contribution in [3.8, 4) is 0 Å². The van der Waals surface area contributed by atoms with E-state index in [0.717, 1.165) is 30.7 Å². The smallest absolute Gasteiger partial charge is 0.124 e. The molecule has 0 aliphatic carbocycles. The minimum absolute atomic E-state index is 0.261. The molecule has 2 rings (SSSR count). The molecule has 0 bridgehead atoms. The Kier molecular flexibility index (Phi) is 5.65. The van der Waals surface area contributed by atoms with E-state index in [-0.39, 0.29) is 4.75 Å². The zero-order chi connectivity index (χ0) is 14.8. The van der Waals surface area contributed by atoms with E-state index < -0.39 is 0 Å². The number of nitrogens with zero attached hydrogens (tertiary/aromatic N) is 2. The molecule has 0 N–H and O–H groups in total. The zero-order valence-electron chi connectivity index (χ0n) is 12.1. The van der Waals surface area contributed by atoms with Gasteiger partial charge in [0, 0.05) is 14.9 Å². The molecular weight excluding hydrogens is 403 g/mol. The van der Waals surface area contributed by atoms with E-state index in [4.69, 9.17) is 16.6 Å². The van der Waals surface area contributed by atoms with Gasteiger partial charge in [-0.25, -0.2) is 4.98 Å². The monoisotopic (exact) mass is 422 g/mol. The zero-order valence-corrected chi connectivity index (χ0v) is 15.8. The van der Waals surface area contributed by atoms with Crippen molar-refractivity contribution in [2.75, 3.05) is 6.26 Å². The van der Waals surface area contributed by atoms with E-state index in [1.54, 1.807) is 0 Å². The van der Waals surface area contributed by atoms with Gasteiger partial charge in [0.25, 0.3) is 0 Å². The Bertz CT molecular complexity index is 585. The predicted molar refractivity (Wildman–Crippen MR) is 98.8 cm³/mol. The van der Waals surface area contributed by atoms with Crippen molar-refractivity contribution >= 4 is 57.0 Å². The maximum atomic E-state index is 6.11. The summed E-state index contributed by atoms with van der Waals surface area (Å²) in [6.07, 6.45) is 4.50. The lowest BCUT2D eigenvalue weighted by molar-refractivity contribution is 0.466. The lowest BCUT2D eigenvalue weighted by Gasteiger charge is -2.31. The van der Waals surface area contributed by atoms with Gasteiger partial charge >= 0.3 is 0 Å². The first-order valence-electron chi connectivity index (χ1n) is 6.85. The normalized spacial score (nSPS) is 12.2. The number of halogens is 2. The standard InChI is InChI=1S/C15H20ClIN2S/c1-4-15(5-2,20-3)10-19-13-7-6-11(17)8-12(13)18-14(19)9-16/h6-8H,4-5,9-10H2,1-3H3. The van der Waals surface area contributed by atoms with Crippen LogP contribution in [-0.4, -0.2) is 20.6 Å². The van der Waals surface area contributed by atoms with Gasteiger partial charge < -0.3 is 4.57 Å². The van der Waals surface area contributed by atoms with Gasteiger partial charge in [-0.05, 0) is 59.9 Å². The highest BCUT2D eigenvalue weighted by molar-refractivity contribution is 14.1. The average molecular weight is 423 g/mol. The highest BCUT2D eigenvalue weighted by Crippen LogP contribution is 2.34. The molecule has 0 unspecified atom stereocenters. The van der Waals surface area contributed by atoms with Crippen molar-refractivity contribution in [3.63, 3.8) is 0 Å². The van der Waals surface area contributed by atoms with E-state index in [1.807, 2.05) is 11.8 Å². The van der Waals surface area contributed by atoms with Crippen LogP contribution in [0.5, 0.6) is 0 Å². The van der Waals surface area contributed by atoms with Crippen LogP contribution in [-0.2, 0) is 12.4 Å². The Morgan fingerprint density at radius 1 is 1.35 bits per heavy atom. The molecule has 20 heavy (non-hydrogen) atoms. The summed E-state index contributed by atoms with van der Waals surface area (Å²) >= 11 is 10.4. The SMILES string of the molecule is CCC(CC)(Cn1c(CCl)nc2cc(I)ccc21)SC. The van der Waals surface area contributed by atoms with Crippen LogP contribution in [0.4, 0.5) is 0 Å². The highest BCUT2D eigenvalue weighted by atomic mass is 127. The van der Waals surface area contributed by atoms with E-state index in [2.05, 4.69) is 65.5 Å². The van der Waals surface area contributed by atoms with Crippen molar-refractivity contribution in [3.05, 3.63) is 27.6 Å². The van der Waals surface area contributed by atoms with Gasteiger partial charge in [-0.2, -0.15) is 11.8 Å². The molecule has 0 aliphatic rings. The third kappa shape index (κ3) is 3.12. The molecule has 110 valence electrons. The van der Waals surface area contributed by atoms with E-state index in [1.165, 1.54) is 9.09 Å². The fourth-order valence-corrected chi connectivity index (χ4v) is 4.06. The van der Waals surface area contributed by atoms with Crippen LogP contribution < -0.4 is 0 Å². The van der Waals surface area contributed by atoms with Gasteiger partial charge in [-0.3, -0.25) is 0 Å². The number of alkyl halides is 1. The lowest BCUT2D eigenvalue weighted by Crippen LogP contribution is -2.29. The largest absolute Gasteiger partial charge is 0.326 e. The van der Waals surface area contributed by atoms with Gasteiger partial charge in [-0.15, -0.1) is 11.6 Å². The average Bonchev–Trinajstić information content (AvgIpc) is 2.81. The minimum atomic E-state index is 0.261. The molecule has 0 atom stereocenters. The van der Waals surface area contributed by atoms with E-state index in [9.17, 15) is 0 Å². The van der Waals surface area contributed by atoms with E-state index in [0.29, 0.717) is 5.88 Å². The summed E-state index contributed by atoms with van der Waals surface area (Å²) in [6.45, 7) is 5.51. The highest BCUT2D eigenvalue weighted by Gasteiger charge is 2.27. The molecule has 0 saturated carbocycles. The molecule has 1 aromatic carbocycles. The molecule has 0 aliphatic heterocycles. The van der Waals surface area contributed by atoms with Crippen LogP contribution in [0.3, 0.4) is 0 Å². The van der Waals surface area contributed by atoms with Gasteiger partial charge in [0.05, 0.1) is 16.9 Å². The lowest BCUT2D eigenvalue weighted by atomic mass is 10.0. The van der Waals surface area contributed by atoms with Gasteiger partial charge in [-0.1, -0.05) is 13.8 Å². The summed E-state index contributed by atoms with van der Waals surface area (Å²) in [5.41, 5.74) is 2.25. The summed E-state index contributed by atoms with van der Waals surface area (Å²) in [6, 6.07) is 6.43. The number of hydrogen-bond acceptors (Lipinski definition) is 2. The summed E-state index contributed by atoms with van der Waals surface area (Å²) in [4.78, 5) is 4.70. The number of fused-ring (bicyclic) bond motifs is 1. The predicted octanol–water partition coefficient (Wildman–Crippen LogP) is 5.30. The molecule has 2 aromatic rings. The molecule has 0 fully saturated rings. The van der Waals surface area contributed by atoms with Crippen molar-refractivity contribution in [1.82, 2.24) is 9.55 Å². The molecule has 0 saturated heterocycles. The van der Waals surface area contributed by atoms with Crippen molar-refractivity contribution < 1.29 is 0 Å². The molecule has 0 radical (unpaired) electrons. The molecular formula is C15H20ClIN2S. The second kappa shape index (κ2) is 6.88. The van der Waals surface area contributed by atoms with Crippen LogP contribution in [0.25, 0.3) is 11.0 Å². The second-order valence-corrected chi connectivity index (χ2v) is 7.76. The molecule has 0 spiro atoms. The first kappa shape index (κ1) is 16.4. The Labute approximate surface area is 143 Å². The number of benzene rings is 1. The number of imidazole rings is 1. The maximum absolute atomic E-state index is 6.11. The number of rotatable bonds is 6. The molecule has 0 amide bonds. The molecule has 2 nitrogen and oxygen atoms in total. The quantitative estimate of drug-likeness (QED) is 0.464. The third-order valence-electron chi connectivity index (χ3n) is 4.08. The van der Waals surface area contributed by atoms with Crippen LogP contribution in [0, 0.1) is 3.57 Å². The Morgan fingerprint density at radius 3 is 2.60 bits per heavy atom. The van der Waals surface area contributed by atoms with Crippen LogP contribution in [0.2, 0.25) is 0 Å². The first-order chi connectivity index (χ1) is 9.59. The Balaban J connectivity index is 2.52. The van der Waals surface area contributed by atoms with Gasteiger partial charge in [0.1, 0.15) is 5.82 Å². The minimum Gasteiger partial charge on any atom is -0.326 e. The fraction of sp³-hybridized carbons (Fsp3) is 0.533. The second-order valence-electron chi connectivity index (χ2n) is 4.98. The first-order valence-corrected chi connectivity index (χ1v) is 9.68. The number of aromatic nitrogens is 2. The third-order valence-corrected chi connectivity index (χ3v) is 6.56. The summed E-state index contributed by atoms with van der Waals surface area (Å²) < 4.78 is 3.78. The summed E-state index contributed by atoms with van der Waals surface area (Å²) in [5, 5.41) is 0. The molecule has 1 aromatic heterocycles. The number of thioether (sulfide) groups is 1. The van der Waals surface area contributed by atoms with Crippen molar-refractivity contribution in [2.45, 2.75) is 43.9 Å². The Morgan fingerprint density at radius 2 is 2.05 bits per heavy atom. The Hall–Kier alpha value is 0.0600. The van der Waals surface area contributed by atoms with Crippen molar-refractivity contribution in [2.24, 2.45) is 0 Å².